The Kier molecular flexibility index (Phi) is 6.68. The van der Waals surface area contributed by atoms with Crippen LogP contribution in [0.25, 0.3) is 0 Å². The molecule has 34 heavy (non-hydrogen) atoms. The Morgan fingerprint density at radius 1 is 1.15 bits per heavy atom. The summed E-state index contributed by atoms with van der Waals surface area (Å²) in [6.45, 7) is 5.05. The molecule has 0 radical (unpaired) electrons. The summed E-state index contributed by atoms with van der Waals surface area (Å²) in [5, 5.41) is 9.59. The number of amides is 1. The second-order valence-corrected chi connectivity index (χ2v) is 9.47. The molecule has 178 valence electrons. The number of thioether (sulfide) groups is 1. The Bertz CT molecular complexity index is 1110. The number of rotatable bonds is 7. The topological polar surface area (TPSA) is 89.8 Å². The first kappa shape index (κ1) is 22.7. The van der Waals surface area contributed by atoms with Crippen LogP contribution in [0.5, 0.6) is 0 Å². The number of ether oxygens (including phenoxy) is 1. The molecule has 2 aromatic rings. The smallest absolute Gasteiger partial charge is 0.338 e. The van der Waals surface area contributed by atoms with Gasteiger partial charge in [0.2, 0.25) is 5.91 Å². The molecule has 0 bridgehead atoms. The first-order valence-electron chi connectivity index (χ1n) is 11.5. The van der Waals surface area contributed by atoms with E-state index in [0.29, 0.717) is 25.3 Å². The van der Waals surface area contributed by atoms with Crippen molar-refractivity contribution in [2.75, 3.05) is 50.7 Å². The molecule has 1 saturated heterocycles. The molecule has 9 nitrogen and oxygen atoms in total. The number of carbonyl (C=O) groups excluding carboxylic acids is 2. The highest BCUT2D eigenvalue weighted by Gasteiger charge is 2.23. The normalized spacial score (nSPS) is 17.6. The average Bonchev–Trinajstić information content (AvgIpc) is 3.53. The maximum Gasteiger partial charge on any atom is 0.338 e. The summed E-state index contributed by atoms with van der Waals surface area (Å²) in [7, 11) is 0. The van der Waals surface area contributed by atoms with Crippen molar-refractivity contribution in [3.8, 4) is 0 Å². The van der Waals surface area contributed by atoms with Crippen molar-refractivity contribution in [2.24, 2.45) is 10.3 Å². The Hall–Kier alpha value is -3.11. The van der Waals surface area contributed by atoms with Crippen molar-refractivity contribution in [3.05, 3.63) is 58.7 Å². The number of nitrogens with one attached hydrogen (secondary N) is 1. The van der Waals surface area contributed by atoms with Gasteiger partial charge in [0, 0.05) is 43.2 Å². The van der Waals surface area contributed by atoms with Gasteiger partial charge in [-0.2, -0.15) is 5.53 Å². The fourth-order valence-corrected chi connectivity index (χ4v) is 5.16. The number of carbonyl (C=O) groups is 2. The van der Waals surface area contributed by atoms with Crippen molar-refractivity contribution in [1.82, 2.24) is 15.3 Å². The Labute approximate surface area is 203 Å². The zero-order valence-corrected chi connectivity index (χ0v) is 20.0. The summed E-state index contributed by atoms with van der Waals surface area (Å²) in [6, 6.07) is 12.1. The molecule has 0 aromatic heterocycles. The van der Waals surface area contributed by atoms with Gasteiger partial charge in [-0.1, -0.05) is 23.4 Å². The molecule has 1 fully saturated rings. The molecule has 0 spiro atoms. The third kappa shape index (κ3) is 4.88. The van der Waals surface area contributed by atoms with Gasteiger partial charge in [0.25, 0.3) is 0 Å². The van der Waals surface area contributed by atoms with E-state index in [4.69, 9.17) is 4.74 Å². The molecule has 10 heteroatoms. The van der Waals surface area contributed by atoms with Gasteiger partial charge < -0.3 is 9.64 Å². The third-order valence-corrected chi connectivity index (χ3v) is 7.37. The number of anilines is 1. The Balaban J connectivity index is 1.11. The van der Waals surface area contributed by atoms with Crippen molar-refractivity contribution in [2.45, 2.75) is 24.3 Å². The van der Waals surface area contributed by atoms with E-state index in [9.17, 15) is 9.59 Å². The number of esters is 1. The van der Waals surface area contributed by atoms with Gasteiger partial charge in [-0.15, -0.1) is 16.9 Å². The predicted octanol–water partition coefficient (Wildman–Crippen LogP) is 2.66. The first-order valence-corrected chi connectivity index (χ1v) is 12.7. The SMILES string of the molecule is CSc1cc(N2CN=NN2)ccc1CC(=O)N1CCN(CCc2ccc3c(c2)COC3=O)CC1. The van der Waals surface area contributed by atoms with E-state index in [1.165, 1.54) is 5.56 Å². The van der Waals surface area contributed by atoms with Crippen LogP contribution >= 0.6 is 11.8 Å². The summed E-state index contributed by atoms with van der Waals surface area (Å²) in [6.07, 6.45) is 3.36. The Morgan fingerprint density at radius 2 is 2.00 bits per heavy atom. The van der Waals surface area contributed by atoms with Crippen LogP contribution in [0, 0.1) is 0 Å². The number of hydrogen-bond acceptors (Lipinski definition) is 9. The van der Waals surface area contributed by atoms with E-state index in [1.54, 1.807) is 11.8 Å². The van der Waals surface area contributed by atoms with Crippen LogP contribution in [0.3, 0.4) is 0 Å². The second kappa shape index (κ2) is 10.0. The number of hydrogen-bond donors (Lipinski definition) is 1. The molecule has 0 atom stereocenters. The summed E-state index contributed by atoms with van der Waals surface area (Å²) < 4.78 is 5.09. The molecule has 0 unspecified atom stereocenters. The predicted molar refractivity (Wildman–Crippen MR) is 130 cm³/mol. The van der Waals surface area contributed by atoms with Crippen molar-refractivity contribution in [1.29, 1.82) is 0 Å². The zero-order chi connectivity index (χ0) is 23.5. The van der Waals surface area contributed by atoms with E-state index >= 15 is 0 Å². The number of nitrogens with zero attached hydrogens (tertiary/aromatic N) is 5. The number of piperazine rings is 1. The van der Waals surface area contributed by atoms with Gasteiger partial charge in [0.1, 0.15) is 6.61 Å². The molecule has 0 saturated carbocycles. The molecule has 3 aliphatic rings. The standard InChI is InChI=1S/C24H28N6O3S/c1-34-22-14-20(30-16-25-26-27-30)4-3-18(22)13-23(31)29-10-8-28(9-11-29)7-6-17-2-5-21-19(12-17)15-33-24(21)32/h2-5,12,14H,6-11,13,15-16H2,1H3,(H,25,27). The highest BCUT2D eigenvalue weighted by molar-refractivity contribution is 7.98. The van der Waals surface area contributed by atoms with Gasteiger partial charge in [-0.25, -0.2) is 9.80 Å². The van der Waals surface area contributed by atoms with Crippen molar-refractivity contribution >= 4 is 29.3 Å². The minimum absolute atomic E-state index is 0.176. The quantitative estimate of drug-likeness (QED) is 0.481. The number of benzene rings is 2. The fraction of sp³-hybridized carbons (Fsp3) is 0.417. The summed E-state index contributed by atoms with van der Waals surface area (Å²) in [5.41, 5.74) is 7.79. The molecule has 5 rings (SSSR count). The minimum Gasteiger partial charge on any atom is -0.457 e. The minimum atomic E-state index is -0.224. The molecular formula is C24H28N6O3S. The van der Waals surface area contributed by atoms with Gasteiger partial charge in [-0.05, 0) is 42.0 Å². The lowest BCUT2D eigenvalue weighted by molar-refractivity contribution is -0.132. The lowest BCUT2D eigenvalue weighted by Gasteiger charge is -2.35. The number of fused-ring (bicyclic) bond motifs is 1. The summed E-state index contributed by atoms with van der Waals surface area (Å²) >= 11 is 1.65. The fourth-order valence-electron chi connectivity index (χ4n) is 4.52. The lowest BCUT2D eigenvalue weighted by atomic mass is 10.0. The van der Waals surface area contributed by atoms with E-state index in [0.717, 1.165) is 60.9 Å². The van der Waals surface area contributed by atoms with Crippen LogP contribution in [0.1, 0.15) is 27.0 Å². The summed E-state index contributed by atoms with van der Waals surface area (Å²) in [4.78, 5) is 30.1. The van der Waals surface area contributed by atoms with Gasteiger partial charge >= 0.3 is 5.97 Å². The van der Waals surface area contributed by atoms with E-state index in [1.807, 2.05) is 40.4 Å². The molecule has 1 N–H and O–H groups in total. The van der Waals surface area contributed by atoms with Crippen LogP contribution in [-0.2, 0) is 29.0 Å². The highest BCUT2D eigenvalue weighted by atomic mass is 32.2. The van der Waals surface area contributed by atoms with E-state index < -0.39 is 0 Å². The monoisotopic (exact) mass is 480 g/mol. The third-order valence-electron chi connectivity index (χ3n) is 6.55. The second-order valence-electron chi connectivity index (χ2n) is 8.62. The van der Waals surface area contributed by atoms with Crippen molar-refractivity contribution in [3.63, 3.8) is 0 Å². The molecular weight excluding hydrogens is 452 g/mol. The molecule has 3 heterocycles. The van der Waals surface area contributed by atoms with Crippen LogP contribution < -0.4 is 10.5 Å². The maximum atomic E-state index is 13.0. The number of cyclic esters (lactones) is 1. The Morgan fingerprint density at radius 3 is 2.76 bits per heavy atom. The van der Waals surface area contributed by atoms with Gasteiger partial charge in [-0.3, -0.25) is 9.69 Å². The largest absolute Gasteiger partial charge is 0.457 e. The molecule has 2 aromatic carbocycles. The summed E-state index contributed by atoms with van der Waals surface area (Å²) in [5.74, 6) is -0.0475. The maximum absolute atomic E-state index is 13.0. The van der Waals surface area contributed by atoms with Crippen LogP contribution in [0.15, 0.2) is 51.6 Å². The van der Waals surface area contributed by atoms with E-state index in [-0.39, 0.29) is 11.9 Å². The molecule has 0 aliphatic carbocycles. The van der Waals surface area contributed by atoms with Gasteiger partial charge in [0.15, 0.2) is 6.67 Å². The molecule has 3 aliphatic heterocycles. The molecule has 1 amide bonds. The van der Waals surface area contributed by atoms with Crippen LogP contribution in [0.4, 0.5) is 5.69 Å². The number of hydrazine groups is 1. The lowest BCUT2D eigenvalue weighted by Crippen LogP contribution is -2.49. The van der Waals surface area contributed by atoms with Crippen molar-refractivity contribution < 1.29 is 14.3 Å². The first-order chi connectivity index (χ1) is 16.6. The van der Waals surface area contributed by atoms with Crippen LogP contribution in [-0.4, -0.2) is 67.3 Å². The van der Waals surface area contributed by atoms with Crippen LogP contribution in [0.2, 0.25) is 0 Å². The highest BCUT2D eigenvalue weighted by Crippen LogP contribution is 2.28. The van der Waals surface area contributed by atoms with Gasteiger partial charge in [0.05, 0.1) is 17.7 Å². The van der Waals surface area contributed by atoms with E-state index in [2.05, 4.69) is 32.9 Å². The average molecular weight is 481 g/mol. The zero-order valence-electron chi connectivity index (χ0n) is 19.2.